The number of aromatic nitrogens is 2. The van der Waals surface area contributed by atoms with Gasteiger partial charge in [0, 0.05) is 24.8 Å². The van der Waals surface area contributed by atoms with Crippen molar-refractivity contribution in [3.05, 3.63) is 17.5 Å². The van der Waals surface area contributed by atoms with Crippen LogP contribution in [0, 0.1) is 6.92 Å². The molecular weight excluding hydrogens is 258 g/mol. The molecule has 6 nitrogen and oxygen atoms in total. The number of nitrogens with zero attached hydrogens (tertiary/aromatic N) is 3. The Balaban J connectivity index is 2.97. The van der Waals surface area contributed by atoms with Crippen LogP contribution in [0.25, 0.3) is 0 Å². The molecule has 0 saturated carbocycles. The first kappa shape index (κ1) is 16.2. The van der Waals surface area contributed by atoms with Gasteiger partial charge in [-0.2, -0.15) is 5.10 Å². The number of carboxylic acid groups (broad SMARTS) is 1. The number of aryl methyl sites for hydroxylation is 1. The Kier molecular flexibility index (Phi) is 5.30. The second-order valence-electron chi connectivity index (χ2n) is 5.44. The maximum absolute atomic E-state index is 12.5. The van der Waals surface area contributed by atoms with Gasteiger partial charge in [0.05, 0.1) is 17.7 Å². The molecule has 1 rings (SSSR count). The van der Waals surface area contributed by atoms with E-state index in [-0.39, 0.29) is 31.0 Å². The molecule has 0 spiro atoms. The Labute approximate surface area is 119 Å². The summed E-state index contributed by atoms with van der Waals surface area (Å²) in [5.74, 6) is -1.07. The lowest BCUT2D eigenvalue weighted by Crippen LogP contribution is -2.38. The lowest BCUT2D eigenvalue weighted by atomic mass is 10.2. The Morgan fingerprint density at radius 2 is 1.95 bits per heavy atom. The van der Waals surface area contributed by atoms with E-state index in [9.17, 15) is 9.59 Å². The zero-order valence-corrected chi connectivity index (χ0v) is 12.8. The molecule has 1 aromatic heterocycles. The number of rotatable bonds is 6. The van der Waals surface area contributed by atoms with Crippen LogP contribution in [0.2, 0.25) is 0 Å². The summed E-state index contributed by atoms with van der Waals surface area (Å²) < 4.78 is 1.75. The minimum Gasteiger partial charge on any atom is -0.481 e. The van der Waals surface area contributed by atoms with E-state index in [4.69, 9.17) is 5.11 Å². The van der Waals surface area contributed by atoms with Gasteiger partial charge in [-0.05, 0) is 34.6 Å². The van der Waals surface area contributed by atoms with Crippen molar-refractivity contribution in [1.82, 2.24) is 14.7 Å². The van der Waals surface area contributed by atoms with Gasteiger partial charge in [-0.3, -0.25) is 14.3 Å². The van der Waals surface area contributed by atoms with E-state index in [0.717, 1.165) is 0 Å². The molecule has 0 radical (unpaired) electrons. The molecule has 0 aromatic carbocycles. The number of amides is 1. The Hall–Kier alpha value is -1.85. The van der Waals surface area contributed by atoms with Crippen LogP contribution in [0.1, 0.15) is 56.2 Å². The van der Waals surface area contributed by atoms with Crippen LogP contribution in [0.3, 0.4) is 0 Å². The summed E-state index contributed by atoms with van der Waals surface area (Å²) >= 11 is 0. The molecule has 20 heavy (non-hydrogen) atoms. The molecule has 0 aliphatic heterocycles. The van der Waals surface area contributed by atoms with E-state index < -0.39 is 5.97 Å². The summed E-state index contributed by atoms with van der Waals surface area (Å²) in [6, 6.07) is 0.130. The Bertz CT molecular complexity index is 492. The van der Waals surface area contributed by atoms with E-state index in [1.165, 1.54) is 0 Å². The van der Waals surface area contributed by atoms with Crippen LogP contribution in [-0.4, -0.2) is 44.3 Å². The molecule has 112 valence electrons. The van der Waals surface area contributed by atoms with Crippen molar-refractivity contribution in [2.24, 2.45) is 0 Å². The van der Waals surface area contributed by atoms with E-state index >= 15 is 0 Å². The van der Waals surface area contributed by atoms with Crippen molar-refractivity contribution < 1.29 is 14.7 Å². The number of aliphatic carboxylic acids is 1. The SMILES string of the molecule is Cc1nn(C(C)C)cc1C(=O)N(CCC(=O)O)C(C)C. The van der Waals surface area contributed by atoms with Crippen molar-refractivity contribution >= 4 is 11.9 Å². The fourth-order valence-corrected chi connectivity index (χ4v) is 1.92. The summed E-state index contributed by atoms with van der Waals surface area (Å²) in [5, 5.41) is 13.1. The normalized spacial score (nSPS) is 11.2. The number of hydrogen-bond donors (Lipinski definition) is 1. The summed E-state index contributed by atoms with van der Waals surface area (Å²) in [4.78, 5) is 24.8. The second kappa shape index (κ2) is 6.54. The fourth-order valence-electron chi connectivity index (χ4n) is 1.92. The average Bonchev–Trinajstić information content (AvgIpc) is 2.70. The molecule has 0 saturated heterocycles. The monoisotopic (exact) mass is 281 g/mol. The summed E-state index contributed by atoms with van der Waals surface area (Å²) in [7, 11) is 0. The third kappa shape index (κ3) is 3.82. The van der Waals surface area contributed by atoms with Gasteiger partial charge in [0.1, 0.15) is 0 Å². The van der Waals surface area contributed by atoms with Crippen LogP contribution in [-0.2, 0) is 4.79 Å². The standard InChI is InChI=1S/C14H23N3O3/c1-9(2)16(7-6-13(18)19)14(20)12-8-17(10(3)4)15-11(12)5/h8-10H,6-7H2,1-5H3,(H,18,19). The summed E-state index contributed by atoms with van der Waals surface area (Å²) in [5.41, 5.74) is 1.21. The highest BCUT2D eigenvalue weighted by molar-refractivity contribution is 5.95. The van der Waals surface area contributed by atoms with Crippen molar-refractivity contribution in [3.8, 4) is 0 Å². The van der Waals surface area contributed by atoms with Gasteiger partial charge in [0.2, 0.25) is 0 Å². The van der Waals surface area contributed by atoms with Gasteiger partial charge in [0.15, 0.2) is 0 Å². The zero-order chi connectivity index (χ0) is 15.4. The molecule has 0 unspecified atom stereocenters. The van der Waals surface area contributed by atoms with Crippen molar-refractivity contribution in [2.45, 2.75) is 53.1 Å². The van der Waals surface area contributed by atoms with Crippen LogP contribution in [0.5, 0.6) is 0 Å². The molecular formula is C14H23N3O3. The molecule has 6 heteroatoms. The fraction of sp³-hybridized carbons (Fsp3) is 0.643. The molecule has 0 bridgehead atoms. The number of hydrogen-bond acceptors (Lipinski definition) is 3. The van der Waals surface area contributed by atoms with Gasteiger partial charge >= 0.3 is 5.97 Å². The van der Waals surface area contributed by atoms with Crippen molar-refractivity contribution in [3.63, 3.8) is 0 Å². The zero-order valence-electron chi connectivity index (χ0n) is 12.8. The van der Waals surface area contributed by atoms with Gasteiger partial charge < -0.3 is 10.0 Å². The number of carbonyl (C=O) groups is 2. The van der Waals surface area contributed by atoms with Crippen LogP contribution >= 0.6 is 0 Å². The molecule has 0 fully saturated rings. The molecule has 1 amide bonds. The van der Waals surface area contributed by atoms with E-state index in [0.29, 0.717) is 11.3 Å². The van der Waals surface area contributed by atoms with Crippen molar-refractivity contribution in [2.75, 3.05) is 6.54 Å². The van der Waals surface area contributed by atoms with Gasteiger partial charge in [-0.1, -0.05) is 0 Å². The first-order valence-electron chi connectivity index (χ1n) is 6.82. The maximum atomic E-state index is 12.5. The van der Waals surface area contributed by atoms with Gasteiger partial charge in [-0.15, -0.1) is 0 Å². The molecule has 0 aliphatic carbocycles. The quantitative estimate of drug-likeness (QED) is 0.866. The first-order valence-corrected chi connectivity index (χ1v) is 6.82. The van der Waals surface area contributed by atoms with E-state index in [1.807, 2.05) is 27.7 Å². The Morgan fingerprint density at radius 1 is 1.35 bits per heavy atom. The van der Waals surface area contributed by atoms with Crippen LogP contribution < -0.4 is 0 Å². The van der Waals surface area contributed by atoms with Crippen LogP contribution in [0.15, 0.2) is 6.20 Å². The number of carbonyl (C=O) groups excluding carboxylic acids is 1. The predicted octanol–water partition coefficient (Wildman–Crippen LogP) is 2.10. The van der Waals surface area contributed by atoms with Gasteiger partial charge in [0.25, 0.3) is 5.91 Å². The largest absolute Gasteiger partial charge is 0.481 e. The molecule has 1 N–H and O–H groups in total. The second-order valence-corrected chi connectivity index (χ2v) is 5.44. The smallest absolute Gasteiger partial charge is 0.305 e. The lowest BCUT2D eigenvalue weighted by molar-refractivity contribution is -0.137. The predicted molar refractivity (Wildman–Crippen MR) is 75.8 cm³/mol. The molecule has 0 aliphatic rings. The van der Waals surface area contributed by atoms with Crippen LogP contribution in [0.4, 0.5) is 0 Å². The van der Waals surface area contributed by atoms with E-state index in [2.05, 4.69) is 5.10 Å². The molecule has 1 heterocycles. The first-order chi connectivity index (χ1) is 9.23. The molecule has 1 aromatic rings. The highest BCUT2D eigenvalue weighted by Gasteiger charge is 2.23. The highest BCUT2D eigenvalue weighted by Crippen LogP contribution is 2.15. The third-order valence-corrected chi connectivity index (χ3v) is 3.13. The third-order valence-electron chi connectivity index (χ3n) is 3.13. The summed E-state index contributed by atoms with van der Waals surface area (Å²) in [6.45, 7) is 9.74. The number of carboxylic acids is 1. The Morgan fingerprint density at radius 3 is 2.35 bits per heavy atom. The summed E-state index contributed by atoms with van der Waals surface area (Å²) in [6.07, 6.45) is 1.68. The highest BCUT2D eigenvalue weighted by atomic mass is 16.4. The van der Waals surface area contributed by atoms with E-state index in [1.54, 1.807) is 22.7 Å². The van der Waals surface area contributed by atoms with Crippen molar-refractivity contribution in [1.29, 1.82) is 0 Å². The molecule has 0 atom stereocenters. The topological polar surface area (TPSA) is 75.4 Å². The maximum Gasteiger partial charge on any atom is 0.305 e. The minimum absolute atomic E-state index is 0.0522. The minimum atomic E-state index is -0.905. The average molecular weight is 281 g/mol. The van der Waals surface area contributed by atoms with Gasteiger partial charge in [-0.25, -0.2) is 0 Å². The lowest BCUT2D eigenvalue weighted by Gasteiger charge is -2.25.